The van der Waals surface area contributed by atoms with Gasteiger partial charge in [0, 0.05) is 62.0 Å². The molecular formula is C27H23FN10O. The first-order valence-electron chi connectivity index (χ1n) is 12.3. The number of rotatable bonds is 5. The lowest BCUT2D eigenvalue weighted by Gasteiger charge is -2.27. The lowest BCUT2D eigenvalue weighted by atomic mass is 9.95. The van der Waals surface area contributed by atoms with Crippen LogP contribution in [0.2, 0.25) is 0 Å². The molecule has 0 saturated heterocycles. The molecule has 0 radical (unpaired) electrons. The number of aromatic nitrogens is 7. The topological polar surface area (TPSA) is 122 Å². The van der Waals surface area contributed by atoms with E-state index in [9.17, 15) is 14.4 Å². The molecule has 6 rings (SSSR count). The first-order chi connectivity index (χ1) is 19.0. The predicted octanol–water partition coefficient (Wildman–Crippen LogP) is 3.33. The van der Waals surface area contributed by atoms with Crippen LogP contribution in [0.4, 0.5) is 9.18 Å². The van der Waals surface area contributed by atoms with Gasteiger partial charge >= 0.3 is 6.03 Å². The van der Waals surface area contributed by atoms with Gasteiger partial charge < -0.3 is 10.2 Å². The van der Waals surface area contributed by atoms with E-state index in [0.717, 1.165) is 39.5 Å². The van der Waals surface area contributed by atoms with E-state index in [1.807, 2.05) is 31.6 Å². The van der Waals surface area contributed by atoms with Crippen LogP contribution < -0.4 is 5.32 Å². The molecule has 5 aromatic rings. The van der Waals surface area contributed by atoms with Crippen LogP contribution in [0.25, 0.3) is 28.0 Å². The van der Waals surface area contributed by atoms with Gasteiger partial charge in [0.25, 0.3) is 0 Å². The van der Waals surface area contributed by atoms with Gasteiger partial charge in [0.2, 0.25) is 0 Å². The van der Waals surface area contributed by atoms with Crippen molar-refractivity contribution in [2.45, 2.75) is 13.0 Å². The highest BCUT2D eigenvalue weighted by Gasteiger charge is 2.21. The standard InChI is InChI=1S/C27H23FN10O/c1-35-15-22(13-32-35)20-8-24(26-21(9-29)12-33-38(26)16-20)19-4-6-36(7-5-19)27(39)31-11-18-2-3-25(30-10-18)37-17-23(28)14-34-37/h2-4,8,10,12-17H,5-7,11H2,1H3,(H,31,39). The summed E-state index contributed by atoms with van der Waals surface area (Å²) in [6.07, 6.45) is 13.8. The van der Waals surface area contributed by atoms with Crippen LogP contribution in [-0.2, 0) is 13.6 Å². The smallest absolute Gasteiger partial charge is 0.317 e. The number of amides is 2. The van der Waals surface area contributed by atoms with Crippen molar-refractivity contribution >= 4 is 17.1 Å². The highest BCUT2D eigenvalue weighted by molar-refractivity contribution is 5.86. The van der Waals surface area contributed by atoms with Crippen LogP contribution in [0.3, 0.4) is 0 Å². The maximum absolute atomic E-state index is 13.2. The Morgan fingerprint density at radius 3 is 2.67 bits per heavy atom. The van der Waals surface area contributed by atoms with Gasteiger partial charge in [-0.05, 0) is 29.7 Å². The van der Waals surface area contributed by atoms with Crippen LogP contribution in [0.5, 0.6) is 0 Å². The zero-order valence-electron chi connectivity index (χ0n) is 21.0. The molecule has 1 aliphatic heterocycles. The molecule has 0 fully saturated rings. The second-order valence-corrected chi connectivity index (χ2v) is 9.22. The van der Waals surface area contributed by atoms with Gasteiger partial charge in [-0.15, -0.1) is 0 Å². The van der Waals surface area contributed by atoms with Crippen LogP contribution in [-0.4, -0.2) is 58.2 Å². The van der Waals surface area contributed by atoms with E-state index in [1.165, 1.54) is 10.9 Å². The normalized spacial score (nSPS) is 13.4. The number of urea groups is 1. The van der Waals surface area contributed by atoms with Gasteiger partial charge in [-0.1, -0.05) is 12.1 Å². The third-order valence-corrected chi connectivity index (χ3v) is 6.65. The molecule has 0 atom stereocenters. The van der Waals surface area contributed by atoms with Crippen LogP contribution >= 0.6 is 0 Å². The largest absolute Gasteiger partial charge is 0.334 e. The van der Waals surface area contributed by atoms with Crippen LogP contribution in [0.1, 0.15) is 23.1 Å². The van der Waals surface area contributed by atoms with Gasteiger partial charge in [0.1, 0.15) is 6.07 Å². The second-order valence-electron chi connectivity index (χ2n) is 9.22. The van der Waals surface area contributed by atoms with Crippen molar-refractivity contribution in [1.82, 2.24) is 44.4 Å². The van der Waals surface area contributed by atoms with E-state index in [1.54, 1.807) is 38.8 Å². The fraction of sp³-hybridized carbons (Fsp3) is 0.185. The number of nitrogens with one attached hydrogen (secondary N) is 1. The Kier molecular flexibility index (Phi) is 6.08. The van der Waals surface area contributed by atoms with Crippen LogP contribution in [0.15, 0.2) is 67.7 Å². The fourth-order valence-electron chi connectivity index (χ4n) is 4.65. The average Bonchev–Trinajstić information content (AvgIpc) is 3.71. The van der Waals surface area contributed by atoms with Crippen molar-refractivity contribution in [3.05, 3.63) is 90.2 Å². The molecule has 39 heavy (non-hydrogen) atoms. The quantitative estimate of drug-likeness (QED) is 0.378. The molecule has 0 bridgehead atoms. The molecule has 1 N–H and O–H groups in total. The number of fused-ring (bicyclic) bond motifs is 1. The van der Waals surface area contributed by atoms with Crippen molar-refractivity contribution in [3.63, 3.8) is 0 Å². The molecule has 12 heteroatoms. The Labute approximate surface area is 222 Å². The Hall–Kier alpha value is -5.31. The summed E-state index contributed by atoms with van der Waals surface area (Å²) >= 11 is 0. The molecule has 0 aromatic carbocycles. The Balaban J connectivity index is 1.16. The molecule has 0 aliphatic carbocycles. The van der Waals surface area contributed by atoms with Crippen molar-refractivity contribution < 1.29 is 9.18 Å². The maximum Gasteiger partial charge on any atom is 0.317 e. The van der Waals surface area contributed by atoms with Gasteiger partial charge in [-0.25, -0.2) is 23.4 Å². The minimum absolute atomic E-state index is 0.181. The number of pyridine rings is 2. The summed E-state index contributed by atoms with van der Waals surface area (Å²) in [5.41, 5.74) is 5.94. The predicted molar refractivity (Wildman–Crippen MR) is 140 cm³/mol. The molecule has 194 valence electrons. The van der Waals surface area contributed by atoms with E-state index in [4.69, 9.17) is 0 Å². The van der Waals surface area contributed by atoms with E-state index in [2.05, 4.69) is 37.7 Å². The Bertz CT molecular complexity index is 1760. The van der Waals surface area contributed by atoms with Gasteiger partial charge in [0.05, 0.1) is 35.9 Å². The van der Waals surface area contributed by atoms with Crippen molar-refractivity contribution in [2.75, 3.05) is 13.1 Å². The van der Waals surface area contributed by atoms with E-state index in [0.29, 0.717) is 37.4 Å². The summed E-state index contributed by atoms with van der Waals surface area (Å²) in [5, 5.41) is 25.2. The van der Waals surface area contributed by atoms with E-state index in [-0.39, 0.29) is 6.03 Å². The summed E-state index contributed by atoms with van der Waals surface area (Å²) in [6, 6.07) is 7.65. The number of nitrogens with zero attached hydrogens (tertiary/aromatic N) is 9. The van der Waals surface area contributed by atoms with Gasteiger partial charge in [-0.3, -0.25) is 4.68 Å². The molecule has 5 aromatic heterocycles. The number of carbonyl (C=O) groups excluding carboxylic acids is 1. The molecule has 0 unspecified atom stereocenters. The fourth-order valence-corrected chi connectivity index (χ4v) is 4.65. The molecule has 2 amide bonds. The zero-order valence-corrected chi connectivity index (χ0v) is 21.0. The van der Waals surface area contributed by atoms with Crippen molar-refractivity contribution in [2.24, 2.45) is 7.05 Å². The zero-order chi connectivity index (χ0) is 26.9. The lowest BCUT2D eigenvalue weighted by molar-refractivity contribution is 0.202. The molecule has 0 spiro atoms. The lowest BCUT2D eigenvalue weighted by Crippen LogP contribution is -2.41. The monoisotopic (exact) mass is 522 g/mol. The summed E-state index contributed by atoms with van der Waals surface area (Å²) in [4.78, 5) is 18.9. The first kappa shape index (κ1) is 24.1. The third kappa shape index (κ3) is 4.73. The number of hydrogen-bond acceptors (Lipinski definition) is 6. The maximum atomic E-state index is 13.2. The Morgan fingerprint density at radius 1 is 1.10 bits per heavy atom. The third-order valence-electron chi connectivity index (χ3n) is 6.65. The minimum atomic E-state index is -0.437. The van der Waals surface area contributed by atoms with Crippen molar-refractivity contribution in [3.8, 4) is 23.0 Å². The number of hydrogen-bond donors (Lipinski definition) is 1. The second kappa shape index (κ2) is 9.86. The minimum Gasteiger partial charge on any atom is -0.334 e. The summed E-state index contributed by atoms with van der Waals surface area (Å²) < 4.78 is 18.0. The number of halogens is 1. The van der Waals surface area contributed by atoms with Gasteiger partial charge in [-0.2, -0.15) is 20.6 Å². The Morgan fingerprint density at radius 2 is 2.00 bits per heavy atom. The molecule has 6 heterocycles. The summed E-state index contributed by atoms with van der Waals surface area (Å²) in [5.74, 6) is 0.0512. The SMILES string of the molecule is Cn1cc(-c2cc(C3=CCN(C(=O)NCc4ccc(-n5cc(F)cn5)nc4)CC3)c3c(C#N)cnn3c2)cn1. The average molecular weight is 523 g/mol. The number of nitriles is 1. The number of carbonyl (C=O) groups is 1. The molecule has 1 aliphatic rings. The van der Waals surface area contributed by atoms with E-state index >= 15 is 0 Å². The molecular weight excluding hydrogens is 499 g/mol. The highest BCUT2D eigenvalue weighted by Crippen LogP contribution is 2.32. The van der Waals surface area contributed by atoms with E-state index < -0.39 is 5.82 Å². The first-order valence-corrected chi connectivity index (χ1v) is 12.3. The molecule has 11 nitrogen and oxygen atoms in total. The van der Waals surface area contributed by atoms with Crippen molar-refractivity contribution in [1.29, 1.82) is 5.26 Å². The highest BCUT2D eigenvalue weighted by atomic mass is 19.1. The number of aryl methyl sites for hydroxylation is 1. The summed E-state index contributed by atoms with van der Waals surface area (Å²) in [7, 11) is 1.86. The summed E-state index contributed by atoms with van der Waals surface area (Å²) in [6.45, 7) is 1.27. The van der Waals surface area contributed by atoms with Crippen LogP contribution in [0, 0.1) is 17.1 Å². The molecule has 0 saturated carbocycles. The van der Waals surface area contributed by atoms with Gasteiger partial charge in [0.15, 0.2) is 11.6 Å².